The summed E-state index contributed by atoms with van der Waals surface area (Å²) in [7, 11) is 1.87. The number of nitrogens with two attached hydrogens (primary N) is 1. The van der Waals surface area contributed by atoms with Crippen molar-refractivity contribution in [3.63, 3.8) is 0 Å². The van der Waals surface area contributed by atoms with E-state index < -0.39 is 11.8 Å². The summed E-state index contributed by atoms with van der Waals surface area (Å²) in [4.78, 5) is 24.7. The maximum atomic E-state index is 11.9. The number of rotatable bonds is 2. The molecule has 0 bridgehead atoms. The van der Waals surface area contributed by atoms with E-state index in [0.29, 0.717) is 6.54 Å². The second-order valence-electron chi connectivity index (χ2n) is 4.82. The SMILES string of the molecule is Cn1ncc2cc(N3CC(C(N)=O)CC3=O)ccc21. The normalized spacial score (nSPS) is 19.3. The molecule has 0 spiro atoms. The van der Waals surface area contributed by atoms with Crippen LogP contribution in [0.15, 0.2) is 24.4 Å². The Bertz CT molecular complexity index is 676. The number of carbonyl (C=O) groups is 2. The van der Waals surface area contributed by atoms with Crippen LogP contribution in [0.4, 0.5) is 5.69 Å². The van der Waals surface area contributed by atoms with Crippen LogP contribution >= 0.6 is 0 Å². The second-order valence-corrected chi connectivity index (χ2v) is 4.82. The van der Waals surface area contributed by atoms with Gasteiger partial charge in [-0.15, -0.1) is 0 Å². The fraction of sp³-hybridized carbons (Fsp3) is 0.308. The number of primary amides is 1. The summed E-state index contributed by atoms with van der Waals surface area (Å²) in [5, 5.41) is 5.13. The maximum Gasteiger partial charge on any atom is 0.227 e. The summed E-state index contributed by atoms with van der Waals surface area (Å²) in [6.45, 7) is 0.361. The molecule has 98 valence electrons. The van der Waals surface area contributed by atoms with Gasteiger partial charge in [-0.25, -0.2) is 0 Å². The highest BCUT2D eigenvalue weighted by Gasteiger charge is 2.33. The van der Waals surface area contributed by atoms with Crippen LogP contribution in [-0.2, 0) is 16.6 Å². The van der Waals surface area contributed by atoms with Gasteiger partial charge in [0.05, 0.1) is 17.6 Å². The van der Waals surface area contributed by atoms with Crippen molar-refractivity contribution in [3.05, 3.63) is 24.4 Å². The number of nitrogens with zero attached hydrogens (tertiary/aromatic N) is 3. The molecule has 0 radical (unpaired) electrons. The summed E-state index contributed by atoms with van der Waals surface area (Å²) in [5.74, 6) is -0.873. The summed E-state index contributed by atoms with van der Waals surface area (Å²) in [6.07, 6.45) is 1.95. The lowest BCUT2D eigenvalue weighted by Crippen LogP contribution is -2.28. The Balaban J connectivity index is 1.96. The highest BCUT2D eigenvalue weighted by molar-refractivity contribution is 6.01. The Morgan fingerprint density at radius 2 is 2.26 bits per heavy atom. The van der Waals surface area contributed by atoms with Crippen molar-refractivity contribution < 1.29 is 9.59 Å². The van der Waals surface area contributed by atoms with Crippen LogP contribution in [0.2, 0.25) is 0 Å². The average molecular weight is 258 g/mol. The van der Waals surface area contributed by atoms with Crippen LogP contribution in [0, 0.1) is 5.92 Å². The van der Waals surface area contributed by atoms with Crippen molar-refractivity contribution in [2.24, 2.45) is 18.7 Å². The Morgan fingerprint density at radius 1 is 1.47 bits per heavy atom. The number of carbonyl (C=O) groups excluding carboxylic acids is 2. The molecule has 1 unspecified atom stereocenters. The lowest BCUT2D eigenvalue weighted by molar-refractivity contribution is -0.123. The molecule has 2 aromatic rings. The zero-order valence-corrected chi connectivity index (χ0v) is 10.5. The van der Waals surface area contributed by atoms with Crippen molar-refractivity contribution >= 4 is 28.4 Å². The molecule has 1 saturated heterocycles. The van der Waals surface area contributed by atoms with Crippen LogP contribution in [0.1, 0.15) is 6.42 Å². The van der Waals surface area contributed by atoms with Gasteiger partial charge in [0.2, 0.25) is 11.8 Å². The number of fused-ring (bicyclic) bond motifs is 1. The fourth-order valence-corrected chi connectivity index (χ4v) is 2.47. The van der Waals surface area contributed by atoms with Crippen molar-refractivity contribution in [2.45, 2.75) is 6.42 Å². The quantitative estimate of drug-likeness (QED) is 0.847. The van der Waals surface area contributed by atoms with E-state index in [2.05, 4.69) is 5.10 Å². The minimum Gasteiger partial charge on any atom is -0.369 e. The van der Waals surface area contributed by atoms with Crippen LogP contribution in [-0.4, -0.2) is 28.1 Å². The molecule has 1 aliphatic heterocycles. The van der Waals surface area contributed by atoms with Gasteiger partial charge in [0.25, 0.3) is 0 Å². The zero-order valence-electron chi connectivity index (χ0n) is 10.5. The summed E-state index contributed by atoms with van der Waals surface area (Å²) >= 11 is 0. The summed E-state index contributed by atoms with van der Waals surface area (Å²) in [6, 6.07) is 5.69. The Morgan fingerprint density at radius 3 is 2.95 bits per heavy atom. The molecule has 1 fully saturated rings. The Labute approximate surface area is 109 Å². The molecule has 1 aromatic heterocycles. The predicted octanol–water partition coefficient (Wildman–Crippen LogP) is 0.411. The molecule has 19 heavy (non-hydrogen) atoms. The summed E-state index contributed by atoms with van der Waals surface area (Å²) in [5.41, 5.74) is 7.05. The van der Waals surface area contributed by atoms with E-state index >= 15 is 0 Å². The van der Waals surface area contributed by atoms with Gasteiger partial charge in [0, 0.05) is 31.1 Å². The smallest absolute Gasteiger partial charge is 0.227 e. The number of hydrogen-bond acceptors (Lipinski definition) is 3. The topological polar surface area (TPSA) is 81.2 Å². The first-order valence-electron chi connectivity index (χ1n) is 6.07. The molecule has 6 nitrogen and oxygen atoms in total. The van der Waals surface area contributed by atoms with Crippen LogP contribution in [0.3, 0.4) is 0 Å². The van der Waals surface area contributed by atoms with E-state index in [4.69, 9.17) is 5.73 Å². The van der Waals surface area contributed by atoms with E-state index in [1.54, 1.807) is 15.8 Å². The van der Waals surface area contributed by atoms with Crippen LogP contribution in [0.25, 0.3) is 10.9 Å². The minimum absolute atomic E-state index is 0.0629. The number of amides is 2. The molecule has 0 saturated carbocycles. The Kier molecular flexibility index (Phi) is 2.51. The number of benzene rings is 1. The molecular formula is C13H14N4O2. The van der Waals surface area contributed by atoms with Crippen molar-refractivity contribution in [3.8, 4) is 0 Å². The monoisotopic (exact) mass is 258 g/mol. The first-order valence-corrected chi connectivity index (χ1v) is 6.07. The number of aromatic nitrogens is 2. The van der Waals surface area contributed by atoms with Gasteiger partial charge in [-0.2, -0.15) is 5.10 Å². The standard InChI is InChI=1S/C13H14N4O2/c1-16-11-3-2-10(4-8(11)6-15-16)17-7-9(13(14)19)5-12(17)18/h2-4,6,9H,5,7H2,1H3,(H2,14,19). The molecule has 2 N–H and O–H groups in total. The molecule has 1 aliphatic rings. The van der Waals surface area contributed by atoms with Gasteiger partial charge >= 0.3 is 0 Å². The fourth-order valence-electron chi connectivity index (χ4n) is 2.47. The van der Waals surface area contributed by atoms with Crippen LogP contribution in [0.5, 0.6) is 0 Å². The Hall–Kier alpha value is -2.37. The van der Waals surface area contributed by atoms with Crippen molar-refractivity contribution in [1.29, 1.82) is 0 Å². The number of hydrogen-bond donors (Lipinski definition) is 1. The first kappa shape index (κ1) is 11.7. The average Bonchev–Trinajstić information content (AvgIpc) is 2.93. The first-order chi connectivity index (χ1) is 9.06. The lowest BCUT2D eigenvalue weighted by atomic mass is 10.1. The molecule has 3 rings (SSSR count). The lowest BCUT2D eigenvalue weighted by Gasteiger charge is -2.16. The maximum absolute atomic E-state index is 11.9. The molecule has 2 heterocycles. The molecule has 2 amide bonds. The van der Waals surface area contributed by atoms with Crippen molar-refractivity contribution in [2.75, 3.05) is 11.4 Å². The van der Waals surface area contributed by atoms with Gasteiger partial charge in [-0.3, -0.25) is 14.3 Å². The third-order valence-electron chi connectivity index (χ3n) is 3.57. The molecule has 6 heteroatoms. The largest absolute Gasteiger partial charge is 0.369 e. The number of anilines is 1. The predicted molar refractivity (Wildman–Crippen MR) is 70.4 cm³/mol. The molecule has 1 atom stereocenters. The zero-order chi connectivity index (χ0) is 13.6. The van der Waals surface area contributed by atoms with E-state index in [0.717, 1.165) is 16.6 Å². The van der Waals surface area contributed by atoms with Gasteiger partial charge < -0.3 is 10.6 Å². The van der Waals surface area contributed by atoms with E-state index in [-0.39, 0.29) is 12.3 Å². The van der Waals surface area contributed by atoms with Gasteiger partial charge in [0.15, 0.2) is 0 Å². The molecular weight excluding hydrogens is 244 g/mol. The van der Waals surface area contributed by atoms with Crippen LogP contribution < -0.4 is 10.6 Å². The summed E-state index contributed by atoms with van der Waals surface area (Å²) < 4.78 is 1.77. The van der Waals surface area contributed by atoms with E-state index in [1.807, 2.05) is 25.2 Å². The van der Waals surface area contributed by atoms with E-state index in [1.165, 1.54) is 0 Å². The molecule has 1 aromatic carbocycles. The molecule has 0 aliphatic carbocycles. The van der Waals surface area contributed by atoms with Crippen molar-refractivity contribution in [1.82, 2.24) is 9.78 Å². The van der Waals surface area contributed by atoms with Gasteiger partial charge in [-0.05, 0) is 18.2 Å². The highest BCUT2D eigenvalue weighted by Crippen LogP contribution is 2.27. The third-order valence-corrected chi connectivity index (χ3v) is 3.57. The second kappa shape index (κ2) is 4.08. The third kappa shape index (κ3) is 1.85. The van der Waals surface area contributed by atoms with Gasteiger partial charge in [-0.1, -0.05) is 0 Å². The minimum atomic E-state index is -0.418. The highest BCUT2D eigenvalue weighted by atomic mass is 16.2. The number of aryl methyl sites for hydroxylation is 1. The van der Waals surface area contributed by atoms with Gasteiger partial charge in [0.1, 0.15) is 0 Å². The van der Waals surface area contributed by atoms with E-state index in [9.17, 15) is 9.59 Å².